The van der Waals surface area contributed by atoms with Crippen molar-refractivity contribution in [3.63, 3.8) is 0 Å². The van der Waals surface area contributed by atoms with Gasteiger partial charge in [-0.25, -0.2) is 0 Å². The van der Waals surface area contributed by atoms with Gasteiger partial charge in [0.05, 0.1) is 13.2 Å². The van der Waals surface area contributed by atoms with Crippen molar-refractivity contribution in [3.05, 3.63) is 0 Å². The smallest absolute Gasteiger partial charge is 0.244 e. The van der Waals surface area contributed by atoms with Gasteiger partial charge in [-0.15, -0.1) is 0 Å². The van der Waals surface area contributed by atoms with E-state index < -0.39 is 43.4 Å². The largest absolute Gasteiger partial charge is 0.394 e. The van der Waals surface area contributed by atoms with Crippen molar-refractivity contribution in [1.29, 1.82) is 0 Å². The molecule has 6 atom stereocenters. The molecule has 0 aromatic rings. The lowest BCUT2D eigenvalue weighted by molar-refractivity contribution is -0.301. The average Bonchev–Trinajstić information content (AvgIpc) is 3.00. The Morgan fingerprint density at radius 1 is 0.698 bits per heavy atom. The molecule has 1 saturated heterocycles. The Morgan fingerprint density at radius 3 is 1.70 bits per heavy atom. The summed E-state index contributed by atoms with van der Waals surface area (Å²) >= 11 is 0. The second kappa shape index (κ2) is 26.0. The highest BCUT2D eigenvalue weighted by molar-refractivity contribution is 5.87. The molecular weight excluding hydrogens is 552 g/mol. The van der Waals surface area contributed by atoms with Gasteiger partial charge in [0.1, 0.15) is 30.5 Å². The van der Waals surface area contributed by atoms with Gasteiger partial charge in [-0.2, -0.15) is 0 Å². The molecule has 0 saturated carbocycles. The van der Waals surface area contributed by atoms with Crippen LogP contribution in [0, 0.1) is 0 Å². The van der Waals surface area contributed by atoms with Gasteiger partial charge in [-0.1, -0.05) is 123 Å². The fourth-order valence-corrected chi connectivity index (χ4v) is 5.39. The normalized spacial score (nSPS) is 22.8. The number of nitrogens with one attached hydrogen (secondary N) is 2. The molecule has 0 aromatic carbocycles. The Labute approximate surface area is 260 Å². The minimum absolute atomic E-state index is 0.251. The van der Waals surface area contributed by atoms with E-state index in [9.17, 15) is 30.0 Å². The maximum atomic E-state index is 13.0. The Morgan fingerprint density at radius 2 is 1.19 bits per heavy atom. The monoisotopic (exact) mass is 616 g/mol. The molecule has 2 amide bonds. The quantitative estimate of drug-likeness (QED) is 0.0748. The SMILES string of the molecule is CCCCCCCCCCCCNC(=O)[C@H](CO[C@H]1O[C@H](CO)[C@H](O)[C@H](O)[C@H]1O)NC(=O)CCCCCCCCCCC. The first kappa shape index (κ1) is 39.7. The summed E-state index contributed by atoms with van der Waals surface area (Å²) in [6, 6.07) is -1.01. The van der Waals surface area contributed by atoms with Gasteiger partial charge < -0.3 is 40.5 Å². The second-order valence-corrected chi connectivity index (χ2v) is 12.2. The van der Waals surface area contributed by atoms with Gasteiger partial charge >= 0.3 is 0 Å². The van der Waals surface area contributed by atoms with Crippen molar-refractivity contribution in [3.8, 4) is 0 Å². The van der Waals surface area contributed by atoms with Crippen LogP contribution in [0.5, 0.6) is 0 Å². The number of hydrogen-bond acceptors (Lipinski definition) is 8. The van der Waals surface area contributed by atoms with Crippen LogP contribution in [0.4, 0.5) is 0 Å². The van der Waals surface area contributed by atoms with E-state index in [2.05, 4.69) is 24.5 Å². The molecule has 1 aliphatic rings. The fourth-order valence-electron chi connectivity index (χ4n) is 5.39. The fraction of sp³-hybridized carbons (Fsp3) is 0.939. The average molecular weight is 617 g/mol. The molecule has 6 N–H and O–H groups in total. The molecule has 1 heterocycles. The third kappa shape index (κ3) is 18.3. The molecule has 0 unspecified atom stereocenters. The van der Waals surface area contributed by atoms with Crippen LogP contribution in [0.3, 0.4) is 0 Å². The van der Waals surface area contributed by atoms with E-state index in [0.717, 1.165) is 38.5 Å². The number of aliphatic hydroxyl groups excluding tert-OH is 4. The van der Waals surface area contributed by atoms with Gasteiger partial charge in [-0.05, 0) is 12.8 Å². The lowest BCUT2D eigenvalue weighted by atomic mass is 9.99. The zero-order chi connectivity index (χ0) is 31.7. The van der Waals surface area contributed by atoms with Crippen LogP contribution in [-0.2, 0) is 19.1 Å². The predicted octanol–water partition coefficient (Wildman–Crippen LogP) is 4.25. The summed E-state index contributed by atoms with van der Waals surface area (Å²) < 4.78 is 11.0. The molecule has 1 rings (SSSR count). The van der Waals surface area contributed by atoms with Crippen molar-refractivity contribution in [1.82, 2.24) is 10.6 Å². The van der Waals surface area contributed by atoms with E-state index in [1.807, 2.05) is 0 Å². The summed E-state index contributed by atoms with van der Waals surface area (Å²) in [6.45, 7) is 4.04. The van der Waals surface area contributed by atoms with Gasteiger partial charge in [0, 0.05) is 13.0 Å². The van der Waals surface area contributed by atoms with Gasteiger partial charge in [0.2, 0.25) is 11.8 Å². The van der Waals surface area contributed by atoms with E-state index in [-0.39, 0.29) is 18.4 Å². The predicted molar refractivity (Wildman–Crippen MR) is 168 cm³/mol. The van der Waals surface area contributed by atoms with Crippen molar-refractivity contribution in [2.45, 2.75) is 179 Å². The minimum atomic E-state index is -1.58. The first-order valence-electron chi connectivity index (χ1n) is 17.3. The number of hydrogen-bond donors (Lipinski definition) is 6. The number of aliphatic hydroxyl groups is 4. The Bertz CT molecular complexity index is 696. The molecule has 10 nitrogen and oxygen atoms in total. The van der Waals surface area contributed by atoms with Gasteiger partial charge in [-0.3, -0.25) is 9.59 Å². The molecule has 0 radical (unpaired) electrons. The van der Waals surface area contributed by atoms with Crippen molar-refractivity contribution in [2.24, 2.45) is 0 Å². The summed E-state index contributed by atoms with van der Waals surface area (Å²) in [5.74, 6) is -0.639. The molecule has 254 valence electrons. The van der Waals surface area contributed by atoms with Crippen LogP contribution >= 0.6 is 0 Å². The zero-order valence-electron chi connectivity index (χ0n) is 27.1. The lowest BCUT2D eigenvalue weighted by Gasteiger charge is -2.39. The van der Waals surface area contributed by atoms with Crippen LogP contribution < -0.4 is 10.6 Å². The van der Waals surface area contributed by atoms with Crippen LogP contribution in [-0.4, -0.2) is 88.7 Å². The number of carbonyl (C=O) groups is 2. The summed E-state index contributed by atoms with van der Waals surface area (Å²) in [5, 5.41) is 45.4. The maximum Gasteiger partial charge on any atom is 0.244 e. The first-order valence-corrected chi connectivity index (χ1v) is 17.3. The molecule has 0 spiro atoms. The molecular formula is C33H64N2O8. The number of carbonyl (C=O) groups excluding carboxylic acids is 2. The first-order chi connectivity index (χ1) is 20.8. The van der Waals surface area contributed by atoms with E-state index in [1.54, 1.807) is 0 Å². The van der Waals surface area contributed by atoms with Crippen LogP contribution in [0.2, 0.25) is 0 Å². The van der Waals surface area contributed by atoms with Crippen molar-refractivity contribution < 1.29 is 39.5 Å². The molecule has 10 heteroatoms. The van der Waals surface area contributed by atoms with Crippen LogP contribution in [0.25, 0.3) is 0 Å². The highest BCUT2D eigenvalue weighted by Gasteiger charge is 2.44. The number of unbranched alkanes of at least 4 members (excludes halogenated alkanes) is 17. The number of rotatable bonds is 27. The summed E-state index contributed by atoms with van der Waals surface area (Å²) in [7, 11) is 0. The van der Waals surface area contributed by atoms with E-state index in [1.165, 1.54) is 83.5 Å². The molecule has 0 aliphatic carbocycles. The summed E-state index contributed by atoms with van der Waals surface area (Å²) in [5.41, 5.74) is 0. The molecule has 43 heavy (non-hydrogen) atoms. The van der Waals surface area contributed by atoms with Crippen LogP contribution in [0.15, 0.2) is 0 Å². The summed E-state index contributed by atoms with van der Waals surface area (Å²) in [4.78, 5) is 25.7. The Hall–Kier alpha value is -1.30. The van der Waals surface area contributed by atoms with Crippen molar-refractivity contribution in [2.75, 3.05) is 19.8 Å². The Kier molecular flexibility index (Phi) is 24.0. The van der Waals surface area contributed by atoms with Crippen LogP contribution in [0.1, 0.15) is 142 Å². The van der Waals surface area contributed by atoms with E-state index in [0.29, 0.717) is 13.0 Å². The molecule has 0 bridgehead atoms. The zero-order valence-corrected chi connectivity index (χ0v) is 27.1. The van der Waals surface area contributed by atoms with E-state index in [4.69, 9.17) is 9.47 Å². The highest BCUT2D eigenvalue weighted by atomic mass is 16.7. The minimum Gasteiger partial charge on any atom is -0.394 e. The standard InChI is InChI=1S/C33H64N2O8/c1-3-5-7-9-11-13-15-17-19-21-23-34-32(41)26(25-42-33-31(40)30(39)29(38)27(24-36)43-33)35-28(37)22-20-18-16-14-12-10-8-6-4-2/h26-27,29-31,33,36,38-40H,3-25H2,1-2H3,(H,34,41)(H,35,37)/t26-,27+,29-,30-,31+,33-/m0/s1. The topological polar surface area (TPSA) is 158 Å². The molecule has 1 fully saturated rings. The third-order valence-corrected chi connectivity index (χ3v) is 8.26. The second-order valence-electron chi connectivity index (χ2n) is 12.2. The number of ether oxygens (including phenoxy) is 2. The van der Waals surface area contributed by atoms with E-state index >= 15 is 0 Å². The Balaban J connectivity index is 2.48. The summed E-state index contributed by atoms with van der Waals surface area (Å²) in [6.07, 6.45) is 15.3. The number of amides is 2. The molecule has 0 aromatic heterocycles. The van der Waals surface area contributed by atoms with Gasteiger partial charge in [0.15, 0.2) is 6.29 Å². The highest BCUT2D eigenvalue weighted by Crippen LogP contribution is 2.22. The molecule has 1 aliphatic heterocycles. The van der Waals surface area contributed by atoms with Crippen molar-refractivity contribution >= 4 is 11.8 Å². The lowest BCUT2D eigenvalue weighted by Crippen LogP contribution is -2.60. The third-order valence-electron chi connectivity index (χ3n) is 8.26. The van der Waals surface area contributed by atoms with Gasteiger partial charge in [0.25, 0.3) is 0 Å². The maximum absolute atomic E-state index is 13.0.